The Balaban J connectivity index is 4.15. The molecule has 88 valence electrons. The summed E-state index contributed by atoms with van der Waals surface area (Å²) in [5, 5.41) is 0. The van der Waals surface area contributed by atoms with Crippen molar-refractivity contribution in [1.82, 2.24) is 9.80 Å². The zero-order valence-corrected chi connectivity index (χ0v) is 10.1. The molecular weight excluding hydrogens is 196 g/mol. The molecule has 0 aromatic rings. The number of rotatable bonds is 5. The molecule has 0 aliphatic carbocycles. The van der Waals surface area contributed by atoms with Gasteiger partial charge in [-0.3, -0.25) is 14.5 Å². The number of amides is 1. The standard InChI is InChI=1S/C10H20N2O3/c1-6-15-9(13)7-12(5)8(2)10(14)11(3)4/h8H,6-7H2,1-5H3. The van der Waals surface area contributed by atoms with Crippen LogP contribution in [0.5, 0.6) is 0 Å². The smallest absolute Gasteiger partial charge is 0.320 e. The van der Waals surface area contributed by atoms with Crippen molar-refractivity contribution in [2.75, 3.05) is 34.3 Å². The first-order chi connectivity index (χ1) is 6.90. The fraction of sp³-hybridized carbons (Fsp3) is 0.800. The number of nitrogens with zero attached hydrogens (tertiary/aromatic N) is 2. The lowest BCUT2D eigenvalue weighted by molar-refractivity contribution is -0.145. The fourth-order valence-electron chi connectivity index (χ4n) is 1.11. The van der Waals surface area contributed by atoms with Gasteiger partial charge in [-0.2, -0.15) is 0 Å². The van der Waals surface area contributed by atoms with Crippen molar-refractivity contribution < 1.29 is 14.3 Å². The maximum Gasteiger partial charge on any atom is 0.320 e. The van der Waals surface area contributed by atoms with Crippen molar-refractivity contribution in [2.45, 2.75) is 19.9 Å². The number of esters is 1. The van der Waals surface area contributed by atoms with E-state index in [0.717, 1.165) is 0 Å². The lowest BCUT2D eigenvalue weighted by Crippen LogP contribution is -2.44. The van der Waals surface area contributed by atoms with Crippen LogP contribution in [0.1, 0.15) is 13.8 Å². The Kier molecular flexibility index (Phi) is 5.93. The van der Waals surface area contributed by atoms with Crippen LogP contribution in [0.25, 0.3) is 0 Å². The van der Waals surface area contributed by atoms with Gasteiger partial charge < -0.3 is 9.64 Å². The number of hydrogen-bond donors (Lipinski definition) is 0. The van der Waals surface area contributed by atoms with Crippen molar-refractivity contribution in [2.24, 2.45) is 0 Å². The summed E-state index contributed by atoms with van der Waals surface area (Å²) in [6.07, 6.45) is 0. The van der Waals surface area contributed by atoms with Gasteiger partial charge in [0.15, 0.2) is 0 Å². The molecule has 5 nitrogen and oxygen atoms in total. The molecule has 0 rings (SSSR count). The van der Waals surface area contributed by atoms with Crippen molar-refractivity contribution in [1.29, 1.82) is 0 Å². The van der Waals surface area contributed by atoms with Gasteiger partial charge in [0.05, 0.1) is 19.2 Å². The van der Waals surface area contributed by atoms with Gasteiger partial charge in [-0.25, -0.2) is 0 Å². The highest BCUT2D eigenvalue weighted by Crippen LogP contribution is 1.99. The van der Waals surface area contributed by atoms with Crippen molar-refractivity contribution in [3.8, 4) is 0 Å². The molecule has 15 heavy (non-hydrogen) atoms. The van der Waals surface area contributed by atoms with Gasteiger partial charge in [-0.1, -0.05) is 0 Å². The SMILES string of the molecule is CCOC(=O)CN(C)C(C)C(=O)N(C)C. The predicted molar refractivity (Wildman–Crippen MR) is 57.4 cm³/mol. The van der Waals surface area contributed by atoms with E-state index in [-0.39, 0.29) is 24.5 Å². The molecule has 5 heteroatoms. The lowest BCUT2D eigenvalue weighted by atomic mass is 10.2. The average molecular weight is 216 g/mol. The van der Waals surface area contributed by atoms with Crippen molar-refractivity contribution in [3.63, 3.8) is 0 Å². The Morgan fingerprint density at radius 3 is 2.20 bits per heavy atom. The Labute approximate surface area is 91.0 Å². The quantitative estimate of drug-likeness (QED) is 0.605. The normalized spacial score (nSPS) is 12.4. The van der Waals surface area contributed by atoms with Crippen LogP contribution in [-0.4, -0.2) is 62.0 Å². The van der Waals surface area contributed by atoms with E-state index in [1.54, 1.807) is 39.9 Å². The van der Waals surface area contributed by atoms with E-state index in [1.807, 2.05) is 0 Å². The van der Waals surface area contributed by atoms with E-state index in [2.05, 4.69) is 0 Å². The summed E-state index contributed by atoms with van der Waals surface area (Å²) in [6, 6.07) is -0.315. The Bertz CT molecular complexity index is 229. The summed E-state index contributed by atoms with van der Waals surface area (Å²) >= 11 is 0. The van der Waals surface area contributed by atoms with Crippen LogP contribution in [-0.2, 0) is 14.3 Å². The second-order valence-electron chi connectivity index (χ2n) is 3.63. The topological polar surface area (TPSA) is 49.9 Å². The third kappa shape index (κ3) is 4.78. The van der Waals surface area contributed by atoms with E-state index in [4.69, 9.17) is 4.74 Å². The third-order valence-electron chi connectivity index (χ3n) is 2.14. The number of carbonyl (C=O) groups is 2. The molecule has 0 radical (unpaired) electrons. The molecule has 0 heterocycles. The van der Waals surface area contributed by atoms with Crippen LogP contribution in [0, 0.1) is 0 Å². The maximum atomic E-state index is 11.6. The molecule has 0 aromatic heterocycles. The maximum absolute atomic E-state index is 11.6. The lowest BCUT2D eigenvalue weighted by Gasteiger charge is -2.25. The molecule has 0 bridgehead atoms. The molecule has 0 saturated carbocycles. The Morgan fingerprint density at radius 2 is 1.80 bits per heavy atom. The summed E-state index contributed by atoms with van der Waals surface area (Å²) in [5.41, 5.74) is 0. The predicted octanol–water partition coefficient (Wildman–Crippen LogP) is -0.0420. The molecule has 0 aliphatic rings. The zero-order valence-electron chi connectivity index (χ0n) is 10.1. The summed E-state index contributed by atoms with van der Waals surface area (Å²) in [5.74, 6) is -0.333. The van der Waals surface area contributed by atoms with E-state index in [9.17, 15) is 9.59 Å². The van der Waals surface area contributed by atoms with Crippen molar-refractivity contribution >= 4 is 11.9 Å². The first-order valence-electron chi connectivity index (χ1n) is 4.97. The van der Waals surface area contributed by atoms with Crippen LogP contribution in [0.3, 0.4) is 0 Å². The van der Waals surface area contributed by atoms with Gasteiger partial charge in [0.2, 0.25) is 5.91 Å². The monoisotopic (exact) mass is 216 g/mol. The second-order valence-corrected chi connectivity index (χ2v) is 3.63. The van der Waals surface area contributed by atoms with Crippen LogP contribution in [0.2, 0.25) is 0 Å². The Hall–Kier alpha value is -1.10. The summed E-state index contributed by atoms with van der Waals surface area (Å²) in [4.78, 5) is 25.9. The highest BCUT2D eigenvalue weighted by Gasteiger charge is 2.21. The highest BCUT2D eigenvalue weighted by molar-refractivity contribution is 5.81. The number of hydrogen-bond acceptors (Lipinski definition) is 4. The minimum Gasteiger partial charge on any atom is -0.465 e. The molecular formula is C10H20N2O3. The molecule has 0 N–H and O–H groups in total. The minimum absolute atomic E-state index is 0.0261. The summed E-state index contributed by atoms with van der Waals surface area (Å²) in [6.45, 7) is 4.02. The van der Waals surface area contributed by atoms with Crippen LogP contribution < -0.4 is 0 Å². The molecule has 0 fully saturated rings. The fourth-order valence-corrected chi connectivity index (χ4v) is 1.11. The number of ether oxygens (including phenoxy) is 1. The second kappa shape index (κ2) is 6.40. The average Bonchev–Trinajstić information content (AvgIpc) is 2.15. The van der Waals surface area contributed by atoms with E-state index in [1.165, 1.54) is 4.90 Å². The minimum atomic E-state index is -0.315. The molecule has 0 spiro atoms. The first kappa shape index (κ1) is 13.9. The third-order valence-corrected chi connectivity index (χ3v) is 2.14. The number of carbonyl (C=O) groups excluding carboxylic acids is 2. The van der Waals surface area contributed by atoms with E-state index < -0.39 is 0 Å². The first-order valence-corrected chi connectivity index (χ1v) is 4.97. The van der Waals surface area contributed by atoms with Crippen molar-refractivity contribution in [3.05, 3.63) is 0 Å². The molecule has 0 aromatic carbocycles. The molecule has 1 unspecified atom stereocenters. The van der Waals surface area contributed by atoms with Crippen LogP contribution in [0.4, 0.5) is 0 Å². The molecule has 0 aliphatic heterocycles. The van der Waals surface area contributed by atoms with Gasteiger partial charge in [0, 0.05) is 14.1 Å². The molecule has 1 atom stereocenters. The summed E-state index contributed by atoms with van der Waals surface area (Å²) in [7, 11) is 5.11. The van der Waals surface area contributed by atoms with E-state index >= 15 is 0 Å². The number of likely N-dealkylation sites (N-methyl/N-ethyl adjacent to an activating group) is 2. The Morgan fingerprint density at radius 1 is 1.27 bits per heavy atom. The van der Waals surface area contributed by atoms with Gasteiger partial charge >= 0.3 is 5.97 Å². The van der Waals surface area contributed by atoms with Gasteiger partial charge in [-0.15, -0.1) is 0 Å². The van der Waals surface area contributed by atoms with Crippen LogP contribution in [0.15, 0.2) is 0 Å². The van der Waals surface area contributed by atoms with Gasteiger partial charge in [-0.05, 0) is 20.9 Å². The molecule has 0 saturated heterocycles. The highest BCUT2D eigenvalue weighted by atomic mass is 16.5. The molecule has 1 amide bonds. The zero-order chi connectivity index (χ0) is 12.0. The van der Waals surface area contributed by atoms with Crippen LogP contribution >= 0.6 is 0 Å². The van der Waals surface area contributed by atoms with E-state index in [0.29, 0.717) is 6.61 Å². The summed E-state index contributed by atoms with van der Waals surface area (Å²) < 4.78 is 4.80. The van der Waals surface area contributed by atoms with Gasteiger partial charge in [0.1, 0.15) is 0 Å². The largest absolute Gasteiger partial charge is 0.465 e. The van der Waals surface area contributed by atoms with Gasteiger partial charge in [0.25, 0.3) is 0 Å².